The van der Waals surface area contributed by atoms with Crippen LogP contribution >= 0.6 is 0 Å². The maximum Gasteiger partial charge on any atom is 0.346 e. The first-order valence-corrected chi connectivity index (χ1v) is 10.1. The van der Waals surface area contributed by atoms with Gasteiger partial charge >= 0.3 is 5.91 Å². The number of aromatic nitrogens is 3. The molecular weight excluding hydrogens is 398 g/mol. The molecule has 2 amide bonds. The summed E-state index contributed by atoms with van der Waals surface area (Å²) in [6.45, 7) is 0.673. The van der Waals surface area contributed by atoms with Crippen molar-refractivity contribution in [3.05, 3.63) is 72.3 Å². The van der Waals surface area contributed by atoms with Crippen LogP contribution in [0, 0.1) is 0 Å². The molecule has 9 nitrogen and oxygen atoms in total. The molecule has 2 aliphatic heterocycles. The van der Waals surface area contributed by atoms with Crippen molar-refractivity contribution in [2.45, 2.75) is 18.6 Å². The van der Waals surface area contributed by atoms with Crippen molar-refractivity contribution >= 4 is 17.5 Å². The second-order valence-electron chi connectivity index (χ2n) is 7.66. The molecule has 158 valence electrons. The van der Waals surface area contributed by atoms with E-state index >= 15 is 0 Å². The number of quaternary nitrogens is 1. The minimum atomic E-state index is -0.415. The summed E-state index contributed by atoms with van der Waals surface area (Å²) in [5.74, 6) is 0.0909. The molecule has 2 unspecified atom stereocenters. The molecule has 0 spiro atoms. The van der Waals surface area contributed by atoms with E-state index in [1.807, 2.05) is 54.6 Å². The third-order valence-electron chi connectivity index (χ3n) is 5.82. The molecule has 1 aromatic heterocycles. The van der Waals surface area contributed by atoms with Crippen LogP contribution in [0.25, 0.3) is 0 Å². The fourth-order valence-corrected chi connectivity index (χ4v) is 4.06. The van der Waals surface area contributed by atoms with Gasteiger partial charge in [0.15, 0.2) is 12.1 Å². The van der Waals surface area contributed by atoms with Gasteiger partial charge in [0.1, 0.15) is 26.2 Å². The van der Waals surface area contributed by atoms with Crippen LogP contribution in [0.15, 0.2) is 60.9 Å². The third kappa shape index (κ3) is 3.18. The van der Waals surface area contributed by atoms with Crippen LogP contribution < -0.4 is 14.6 Å². The van der Waals surface area contributed by atoms with Crippen molar-refractivity contribution in [1.29, 1.82) is 0 Å². The molecule has 2 aliphatic rings. The number of benzene rings is 2. The third-order valence-corrected chi connectivity index (χ3v) is 5.82. The molecule has 31 heavy (non-hydrogen) atoms. The molecule has 9 heteroatoms. The molecule has 3 atom stereocenters. The van der Waals surface area contributed by atoms with Gasteiger partial charge in [0.05, 0.1) is 12.6 Å². The van der Waals surface area contributed by atoms with E-state index in [1.165, 1.54) is 11.0 Å². The van der Waals surface area contributed by atoms with E-state index in [9.17, 15) is 9.59 Å². The van der Waals surface area contributed by atoms with Crippen LogP contribution in [-0.4, -0.2) is 53.0 Å². The Morgan fingerprint density at radius 2 is 1.94 bits per heavy atom. The fourth-order valence-electron chi connectivity index (χ4n) is 4.06. The average Bonchev–Trinajstić information content (AvgIpc) is 3.23. The SMILES string of the molecule is C[N+]1(n2cnnc2C(=O)NC2CO[C@H]2c2ccccc2)C(=O)CCOc2ccccc21. The van der Waals surface area contributed by atoms with Crippen LogP contribution in [0.1, 0.15) is 28.7 Å². The number of fused-ring (bicyclic) bond motifs is 1. The van der Waals surface area contributed by atoms with E-state index < -0.39 is 5.91 Å². The lowest BCUT2D eigenvalue weighted by molar-refractivity contribution is -0.131. The molecule has 2 aromatic carbocycles. The number of nitrogens with zero attached hydrogens (tertiary/aromatic N) is 4. The minimum Gasteiger partial charge on any atom is -0.487 e. The van der Waals surface area contributed by atoms with Crippen LogP contribution in [0.2, 0.25) is 0 Å². The molecular formula is C22H22N5O4+. The summed E-state index contributed by atoms with van der Waals surface area (Å²) in [6.07, 6.45) is 1.37. The first kappa shape index (κ1) is 19.4. The van der Waals surface area contributed by atoms with Gasteiger partial charge in [-0.15, -0.1) is 19.5 Å². The van der Waals surface area contributed by atoms with Crippen molar-refractivity contribution in [1.82, 2.24) is 24.8 Å². The lowest BCUT2D eigenvalue weighted by Crippen LogP contribution is -2.57. The number of hydrogen-bond donors (Lipinski definition) is 1. The summed E-state index contributed by atoms with van der Waals surface area (Å²) < 4.78 is 12.6. The van der Waals surface area contributed by atoms with E-state index in [0.29, 0.717) is 18.0 Å². The predicted octanol–water partition coefficient (Wildman–Crippen LogP) is 1.86. The highest BCUT2D eigenvalue weighted by atomic mass is 16.5. The molecule has 0 bridgehead atoms. The van der Waals surface area contributed by atoms with E-state index in [0.717, 1.165) is 5.56 Å². The fraction of sp³-hybridized carbons (Fsp3) is 0.273. The number of ether oxygens (including phenoxy) is 2. The Balaban J connectivity index is 1.46. The first-order chi connectivity index (χ1) is 15.1. The Morgan fingerprint density at radius 1 is 1.16 bits per heavy atom. The zero-order chi connectivity index (χ0) is 21.4. The summed E-state index contributed by atoms with van der Waals surface area (Å²) in [7, 11) is 1.72. The van der Waals surface area contributed by atoms with Gasteiger partial charge in [-0.2, -0.15) is 0 Å². The maximum atomic E-state index is 13.2. The van der Waals surface area contributed by atoms with Crippen LogP contribution in [0.5, 0.6) is 5.75 Å². The van der Waals surface area contributed by atoms with Gasteiger partial charge in [-0.05, 0) is 11.6 Å². The zero-order valence-corrected chi connectivity index (χ0v) is 17.0. The second kappa shape index (κ2) is 7.60. The van der Waals surface area contributed by atoms with Crippen LogP contribution in [0.4, 0.5) is 5.69 Å². The molecule has 5 rings (SSSR count). The van der Waals surface area contributed by atoms with E-state index in [2.05, 4.69) is 15.5 Å². The number of carbonyl (C=O) groups excluding carboxylic acids is 2. The van der Waals surface area contributed by atoms with Crippen LogP contribution in [0.3, 0.4) is 0 Å². The van der Waals surface area contributed by atoms with Crippen molar-refractivity contribution in [2.75, 3.05) is 20.3 Å². The lowest BCUT2D eigenvalue weighted by atomic mass is 9.98. The topological polar surface area (TPSA) is 95.3 Å². The number of carbonyl (C=O) groups is 2. The first-order valence-electron chi connectivity index (χ1n) is 10.1. The molecule has 3 aromatic rings. The summed E-state index contributed by atoms with van der Waals surface area (Å²) in [5, 5.41) is 11.0. The highest BCUT2D eigenvalue weighted by molar-refractivity contribution is 5.94. The Hall–Kier alpha value is -3.56. The number of para-hydroxylation sites is 2. The van der Waals surface area contributed by atoms with Crippen molar-refractivity contribution < 1.29 is 19.1 Å². The van der Waals surface area contributed by atoms with E-state index in [1.54, 1.807) is 7.05 Å². The zero-order valence-electron chi connectivity index (χ0n) is 17.0. The summed E-state index contributed by atoms with van der Waals surface area (Å²) in [6, 6.07) is 16.8. The van der Waals surface area contributed by atoms with Gasteiger partial charge in [0.25, 0.3) is 11.7 Å². The Bertz CT molecular complexity index is 1130. The largest absolute Gasteiger partial charge is 0.487 e. The molecule has 1 N–H and O–H groups in total. The second-order valence-corrected chi connectivity index (χ2v) is 7.66. The predicted molar refractivity (Wildman–Crippen MR) is 111 cm³/mol. The smallest absolute Gasteiger partial charge is 0.346 e. The van der Waals surface area contributed by atoms with Crippen molar-refractivity contribution in [3.63, 3.8) is 0 Å². The number of rotatable bonds is 4. The summed E-state index contributed by atoms with van der Waals surface area (Å²) in [5.41, 5.74) is 1.61. The summed E-state index contributed by atoms with van der Waals surface area (Å²) >= 11 is 0. The van der Waals surface area contributed by atoms with E-state index in [4.69, 9.17) is 9.47 Å². The van der Waals surface area contributed by atoms with Gasteiger partial charge in [-0.1, -0.05) is 42.5 Å². The van der Waals surface area contributed by atoms with Crippen LogP contribution in [-0.2, 0) is 9.53 Å². The average molecular weight is 420 g/mol. The Labute approximate surface area is 178 Å². The lowest BCUT2D eigenvalue weighted by Gasteiger charge is -2.37. The van der Waals surface area contributed by atoms with Gasteiger partial charge in [0.2, 0.25) is 5.69 Å². The van der Waals surface area contributed by atoms with Crippen molar-refractivity contribution in [3.8, 4) is 5.75 Å². The molecule has 1 saturated heterocycles. The molecule has 0 saturated carbocycles. The number of nitrogens with one attached hydrogen (secondary N) is 1. The standard InChI is InChI=1S/C22H21N5O4/c1-27(17-9-5-6-10-18(17)30-12-11-19(27)28)26-14-23-25-21(26)22(29)24-16-13-31-20(16)15-7-3-2-4-8-15/h2-10,14,16,20H,11-13H2,1H3/p+1/t16?,20-,27?/m0/s1. The molecule has 0 radical (unpaired) electrons. The van der Waals surface area contributed by atoms with Gasteiger partial charge in [-0.3, -0.25) is 4.79 Å². The maximum absolute atomic E-state index is 13.2. The Morgan fingerprint density at radius 3 is 2.71 bits per heavy atom. The van der Waals surface area contributed by atoms with E-state index in [-0.39, 0.29) is 41.5 Å². The quantitative estimate of drug-likeness (QED) is 0.648. The van der Waals surface area contributed by atoms with Gasteiger partial charge in [-0.25, -0.2) is 4.79 Å². The number of hydrogen-bond acceptors (Lipinski definition) is 6. The minimum absolute atomic E-state index is 0.0475. The number of amides is 2. The molecule has 1 fully saturated rings. The van der Waals surface area contributed by atoms with Gasteiger partial charge < -0.3 is 14.8 Å². The Kier molecular flexibility index (Phi) is 4.76. The highest BCUT2D eigenvalue weighted by Crippen LogP contribution is 2.36. The van der Waals surface area contributed by atoms with Crippen molar-refractivity contribution in [2.24, 2.45) is 0 Å². The molecule has 3 heterocycles. The highest BCUT2D eigenvalue weighted by Gasteiger charge is 2.45. The monoisotopic (exact) mass is 420 g/mol. The normalized spacial score (nSPS) is 25.0. The van der Waals surface area contributed by atoms with Gasteiger partial charge in [0, 0.05) is 6.07 Å². The summed E-state index contributed by atoms with van der Waals surface area (Å²) in [4.78, 5) is 26.3. The molecule has 0 aliphatic carbocycles.